The Morgan fingerprint density at radius 2 is 1.64 bits per heavy atom. The first-order chi connectivity index (χ1) is 9.84. The van der Waals surface area contributed by atoms with Crippen molar-refractivity contribution in [2.75, 3.05) is 0 Å². The van der Waals surface area contributed by atoms with Gasteiger partial charge in [0.25, 0.3) is 0 Å². The van der Waals surface area contributed by atoms with Crippen molar-refractivity contribution in [1.82, 2.24) is 0 Å². The predicted molar refractivity (Wildman–Crippen MR) is 103 cm³/mol. The quantitative estimate of drug-likeness (QED) is 0.414. The van der Waals surface area contributed by atoms with E-state index in [1.807, 2.05) is 30.4 Å². The minimum atomic E-state index is -2.03. The summed E-state index contributed by atoms with van der Waals surface area (Å²) in [5.74, 6) is 0. The molecule has 0 spiro atoms. The molecule has 0 radical (unpaired) electrons. The average Bonchev–Trinajstić information content (AvgIpc) is 2.33. The molecule has 1 aromatic rings. The van der Waals surface area contributed by atoms with Gasteiger partial charge in [0.15, 0.2) is 8.32 Å². The molecule has 0 amide bonds. The largest absolute Gasteiger partial charge is 0.406 e. The minimum absolute atomic E-state index is 0.0532. The zero-order valence-corrected chi connectivity index (χ0v) is 17.4. The Labute approximate surface area is 150 Å². The number of halogens is 3. The van der Waals surface area contributed by atoms with Crippen LogP contribution in [0.4, 0.5) is 0 Å². The summed E-state index contributed by atoms with van der Waals surface area (Å²) in [6.07, 6.45) is 3.25. The molecule has 0 aliphatic carbocycles. The summed E-state index contributed by atoms with van der Waals surface area (Å²) >= 11 is 18.4. The molecule has 1 atom stereocenters. The van der Waals surface area contributed by atoms with Gasteiger partial charge >= 0.3 is 0 Å². The lowest BCUT2D eigenvalue weighted by atomic mass is 10.1. The zero-order valence-electron chi connectivity index (χ0n) is 14.1. The van der Waals surface area contributed by atoms with Gasteiger partial charge in [0.1, 0.15) is 6.10 Å². The second-order valence-electron chi connectivity index (χ2n) is 7.06. The molecule has 0 unspecified atom stereocenters. The second kappa shape index (κ2) is 7.27. The van der Waals surface area contributed by atoms with Crippen molar-refractivity contribution in [3.63, 3.8) is 0 Å². The third-order valence-electron chi connectivity index (χ3n) is 4.19. The Morgan fingerprint density at radius 3 is 2.09 bits per heavy atom. The van der Waals surface area contributed by atoms with E-state index in [9.17, 15) is 0 Å². The van der Waals surface area contributed by atoms with E-state index >= 15 is 0 Å². The van der Waals surface area contributed by atoms with Gasteiger partial charge in [0, 0.05) is 0 Å². The van der Waals surface area contributed by atoms with Crippen LogP contribution in [0.3, 0.4) is 0 Å². The summed E-state index contributed by atoms with van der Waals surface area (Å²) in [6, 6.07) is 8.09. The molecular weight excluding hydrogens is 355 g/mol. The average molecular weight is 380 g/mol. The van der Waals surface area contributed by atoms with Gasteiger partial charge in [-0.2, -0.15) is 0 Å². The van der Waals surface area contributed by atoms with Crippen LogP contribution in [0.15, 0.2) is 30.3 Å². The van der Waals surface area contributed by atoms with Gasteiger partial charge in [-0.25, -0.2) is 0 Å². The molecule has 0 N–H and O–H groups in total. The molecule has 1 nitrogen and oxygen atoms in total. The molecule has 124 valence electrons. The van der Waals surface area contributed by atoms with Crippen LogP contribution in [-0.4, -0.2) is 18.2 Å². The van der Waals surface area contributed by atoms with Crippen molar-refractivity contribution >= 4 is 49.2 Å². The first-order valence-corrected chi connectivity index (χ1v) is 11.4. The highest BCUT2D eigenvalue weighted by molar-refractivity contribution is 6.74. The Bertz CT molecular complexity index is 527. The molecule has 1 aromatic carbocycles. The Balaban J connectivity index is 3.04. The van der Waals surface area contributed by atoms with Crippen molar-refractivity contribution in [2.24, 2.45) is 0 Å². The third kappa shape index (κ3) is 5.57. The van der Waals surface area contributed by atoms with Crippen LogP contribution in [0, 0.1) is 6.92 Å². The van der Waals surface area contributed by atoms with Crippen molar-refractivity contribution in [2.45, 2.75) is 55.7 Å². The SMILES string of the molecule is Cc1ccccc1/C=C/[C@@H](O[Si](C)(C)C(C)(C)C)C(Cl)(Cl)Cl. The number of hydrogen-bond donors (Lipinski definition) is 0. The fraction of sp³-hybridized carbons (Fsp3) is 0.529. The van der Waals surface area contributed by atoms with Crippen LogP contribution in [0.1, 0.15) is 31.9 Å². The second-order valence-corrected chi connectivity index (χ2v) is 14.2. The zero-order chi connectivity index (χ0) is 17.2. The topological polar surface area (TPSA) is 9.23 Å². The van der Waals surface area contributed by atoms with Crippen LogP contribution in [0.5, 0.6) is 0 Å². The van der Waals surface area contributed by atoms with E-state index in [2.05, 4.69) is 46.9 Å². The van der Waals surface area contributed by atoms with Crippen LogP contribution >= 0.6 is 34.8 Å². The first kappa shape index (κ1) is 20.1. The smallest absolute Gasteiger partial charge is 0.218 e. The maximum atomic E-state index is 6.28. The van der Waals surface area contributed by atoms with E-state index in [1.165, 1.54) is 5.56 Å². The maximum absolute atomic E-state index is 6.28. The third-order valence-corrected chi connectivity index (χ3v) is 9.29. The van der Waals surface area contributed by atoms with Gasteiger partial charge in [-0.15, -0.1) is 0 Å². The van der Waals surface area contributed by atoms with Gasteiger partial charge in [-0.1, -0.05) is 92.0 Å². The fourth-order valence-corrected chi connectivity index (χ4v) is 3.49. The van der Waals surface area contributed by atoms with E-state index in [0.29, 0.717) is 0 Å². The van der Waals surface area contributed by atoms with E-state index < -0.39 is 18.2 Å². The summed E-state index contributed by atoms with van der Waals surface area (Å²) in [5.41, 5.74) is 2.27. The summed E-state index contributed by atoms with van der Waals surface area (Å²) in [4.78, 5) is 0. The van der Waals surface area contributed by atoms with Crippen LogP contribution in [-0.2, 0) is 4.43 Å². The van der Waals surface area contributed by atoms with Crippen molar-refractivity contribution < 1.29 is 4.43 Å². The van der Waals surface area contributed by atoms with Gasteiger partial charge < -0.3 is 4.43 Å². The standard InChI is InChI=1S/C17H25Cl3OSi/c1-13-9-7-8-10-14(13)11-12-15(17(18,19)20)21-22(5,6)16(2,3)4/h7-12,15H,1-6H3/b12-11+/t15-/m1/s1. The lowest BCUT2D eigenvalue weighted by Crippen LogP contribution is -2.46. The number of hydrogen-bond acceptors (Lipinski definition) is 1. The number of alkyl halides is 3. The highest BCUT2D eigenvalue weighted by atomic mass is 35.6. The Morgan fingerprint density at radius 1 is 1.09 bits per heavy atom. The molecule has 0 aliphatic heterocycles. The molecule has 0 heterocycles. The van der Waals surface area contributed by atoms with Crippen molar-refractivity contribution in [3.8, 4) is 0 Å². The van der Waals surface area contributed by atoms with Gasteiger partial charge in [0.05, 0.1) is 0 Å². The van der Waals surface area contributed by atoms with Gasteiger partial charge in [-0.05, 0) is 36.2 Å². The summed E-state index contributed by atoms with van der Waals surface area (Å²) < 4.78 is 4.79. The first-order valence-electron chi connectivity index (χ1n) is 7.33. The molecule has 1 rings (SSSR count). The molecule has 0 bridgehead atoms. The highest BCUT2D eigenvalue weighted by Gasteiger charge is 2.43. The predicted octanol–water partition coefficient (Wildman–Crippen LogP) is 6.77. The Hall–Kier alpha value is 0.00688. The van der Waals surface area contributed by atoms with E-state index in [4.69, 9.17) is 39.2 Å². The summed E-state index contributed by atoms with van der Waals surface area (Å²) in [6.45, 7) is 12.9. The maximum Gasteiger partial charge on any atom is 0.218 e. The molecule has 0 saturated carbocycles. The van der Waals surface area contributed by atoms with E-state index in [1.54, 1.807) is 0 Å². The van der Waals surface area contributed by atoms with Crippen LogP contribution < -0.4 is 0 Å². The normalized spacial score (nSPS) is 15.3. The molecule has 5 heteroatoms. The van der Waals surface area contributed by atoms with Crippen molar-refractivity contribution in [3.05, 3.63) is 41.5 Å². The molecule has 0 aromatic heterocycles. The van der Waals surface area contributed by atoms with Crippen molar-refractivity contribution in [1.29, 1.82) is 0 Å². The molecule has 22 heavy (non-hydrogen) atoms. The van der Waals surface area contributed by atoms with Crippen LogP contribution in [0.25, 0.3) is 6.08 Å². The Kier molecular flexibility index (Phi) is 6.63. The lowest BCUT2D eigenvalue weighted by Gasteiger charge is -2.40. The number of rotatable bonds is 4. The molecule has 0 saturated heterocycles. The summed E-state index contributed by atoms with van der Waals surface area (Å²) in [5, 5.41) is 0.0532. The molecular formula is C17H25Cl3OSi. The summed E-state index contributed by atoms with van der Waals surface area (Å²) in [7, 11) is -2.03. The van der Waals surface area contributed by atoms with Gasteiger partial charge in [0.2, 0.25) is 3.79 Å². The lowest BCUT2D eigenvalue weighted by molar-refractivity contribution is 0.229. The van der Waals surface area contributed by atoms with E-state index in [0.717, 1.165) is 5.56 Å². The van der Waals surface area contributed by atoms with Gasteiger partial charge in [-0.3, -0.25) is 0 Å². The van der Waals surface area contributed by atoms with Crippen LogP contribution in [0.2, 0.25) is 18.1 Å². The number of aryl methyl sites for hydroxylation is 1. The number of benzene rings is 1. The highest BCUT2D eigenvalue weighted by Crippen LogP contribution is 2.42. The fourth-order valence-electron chi connectivity index (χ4n) is 1.67. The molecule has 0 aliphatic rings. The van der Waals surface area contributed by atoms with E-state index in [-0.39, 0.29) is 5.04 Å². The monoisotopic (exact) mass is 378 g/mol. The molecule has 0 fully saturated rings. The minimum Gasteiger partial charge on any atom is -0.406 e.